The third-order valence-corrected chi connectivity index (χ3v) is 3.28. The Labute approximate surface area is 135 Å². The Morgan fingerprint density at radius 2 is 2.09 bits per heavy atom. The van der Waals surface area contributed by atoms with E-state index in [1.165, 1.54) is 4.90 Å². The van der Waals surface area contributed by atoms with Crippen LogP contribution in [0.15, 0.2) is 4.42 Å². The van der Waals surface area contributed by atoms with Crippen LogP contribution in [0.25, 0.3) is 0 Å². The fraction of sp³-hybridized carbons (Fsp3) is 0.733. The van der Waals surface area contributed by atoms with Gasteiger partial charge in [0, 0.05) is 13.5 Å². The summed E-state index contributed by atoms with van der Waals surface area (Å²) in [5.41, 5.74) is -0.593. The van der Waals surface area contributed by atoms with Gasteiger partial charge in [-0.2, -0.15) is 0 Å². The summed E-state index contributed by atoms with van der Waals surface area (Å²) in [4.78, 5) is 25.8. The molecule has 0 unspecified atom stereocenters. The molecule has 8 heteroatoms. The molecule has 0 radical (unpaired) electrons. The number of amides is 1. The van der Waals surface area contributed by atoms with Crippen molar-refractivity contribution in [2.45, 2.75) is 58.6 Å². The van der Waals surface area contributed by atoms with Gasteiger partial charge in [0.05, 0.1) is 6.42 Å². The Balaban J connectivity index is 1.84. The van der Waals surface area contributed by atoms with Crippen LogP contribution in [0.3, 0.4) is 0 Å². The van der Waals surface area contributed by atoms with Gasteiger partial charge >= 0.3 is 12.1 Å². The van der Waals surface area contributed by atoms with Gasteiger partial charge in [0.2, 0.25) is 11.8 Å². The molecule has 1 aromatic rings. The van der Waals surface area contributed by atoms with Crippen molar-refractivity contribution in [1.82, 2.24) is 15.1 Å². The molecule has 0 spiro atoms. The lowest BCUT2D eigenvalue weighted by Gasteiger charge is -2.27. The Morgan fingerprint density at radius 1 is 1.35 bits per heavy atom. The van der Waals surface area contributed by atoms with Crippen LogP contribution in [-0.4, -0.2) is 52.0 Å². The number of aryl methyl sites for hydroxylation is 1. The minimum absolute atomic E-state index is 0.138. The molecule has 1 aliphatic rings. The summed E-state index contributed by atoms with van der Waals surface area (Å²) >= 11 is 0. The van der Waals surface area contributed by atoms with Crippen molar-refractivity contribution < 1.29 is 23.5 Å². The zero-order valence-electron chi connectivity index (χ0n) is 14.0. The number of carbonyl (C=O) groups excluding carboxylic acids is 2. The molecule has 1 amide bonds. The second-order valence-electron chi connectivity index (χ2n) is 6.46. The van der Waals surface area contributed by atoms with Gasteiger partial charge in [-0.1, -0.05) is 0 Å². The van der Waals surface area contributed by atoms with E-state index in [1.54, 1.807) is 27.7 Å². The van der Waals surface area contributed by atoms with Crippen LogP contribution < -0.4 is 0 Å². The molecular formula is C15H23N3O5. The normalized spacial score (nSPS) is 18.1. The molecule has 8 nitrogen and oxygen atoms in total. The number of aromatic nitrogens is 2. The smallest absolute Gasteiger partial charge is 0.411 e. The first kappa shape index (κ1) is 17.2. The number of esters is 1. The molecule has 0 N–H and O–H groups in total. The molecule has 1 aromatic heterocycles. The van der Waals surface area contributed by atoms with Crippen molar-refractivity contribution in [2.24, 2.45) is 0 Å². The van der Waals surface area contributed by atoms with Crippen LogP contribution >= 0.6 is 0 Å². The van der Waals surface area contributed by atoms with E-state index in [-0.39, 0.29) is 6.61 Å². The summed E-state index contributed by atoms with van der Waals surface area (Å²) in [5.74, 6) is 0.466. The SMILES string of the molecule is Cc1nnc(CCOC(=O)[C@H]2CCCN2C(=O)OC(C)(C)C)o1. The van der Waals surface area contributed by atoms with E-state index in [9.17, 15) is 9.59 Å². The summed E-state index contributed by atoms with van der Waals surface area (Å²) in [6.45, 7) is 7.71. The number of carbonyl (C=O) groups is 2. The Morgan fingerprint density at radius 3 is 2.70 bits per heavy atom. The fourth-order valence-corrected chi connectivity index (χ4v) is 2.32. The number of ether oxygens (including phenoxy) is 2. The number of rotatable bonds is 4. The van der Waals surface area contributed by atoms with Crippen molar-refractivity contribution in [3.05, 3.63) is 11.8 Å². The standard InChI is InChI=1S/C15H23N3O5/c1-10-16-17-12(22-10)7-9-21-13(19)11-6-5-8-18(11)14(20)23-15(2,3)4/h11H,5-9H2,1-4H3/t11-/m1/s1. The predicted molar refractivity (Wildman–Crippen MR) is 79.7 cm³/mol. The lowest BCUT2D eigenvalue weighted by atomic mass is 10.2. The van der Waals surface area contributed by atoms with Gasteiger partial charge in [-0.3, -0.25) is 4.90 Å². The average molecular weight is 325 g/mol. The van der Waals surface area contributed by atoms with Gasteiger partial charge in [-0.15, -0.1) is 10.2 Å². The van der Waals surface area contributed by atoms with E-state index in [0.29, 0.717) is 31.2 Å². The third-order valence-electron chi connectivity index (χ3n) is 3.28. The van der Waals surface area contributed by atoms with Crippen molar-refractivity contribution in [3.63, 3.8) is 0 Å². The lowest BCUT2D eigenvalue weighted by molar-refractivity contribution is -0.148. The van der Waals surface area contributed by atoms with Gasteiger partial charge < -0.3 is 13.9 Å². The summed E-state index contributed by atoms with van der Waals surface area (Å²) in [6.07, 6.45) is 1.20. The van der Waals surface area contributed by atoms with Crippen molar-refractivity contribution in [1.29, 1.82) is 0 Å². The molecule has 0 bridgehead atoms. The summed E-state index contributed by atoms with van der Waals surface area (Å²) < 4.78 is 15.8. The fourth-order valence-electron chi connectivity index (χ4n) is 2.32. The number of hydrogen-bond acceptors (Lipinski definition) is 7. The van der Waals surface area contributed by atoms with Crippen LogP contribution in [0.4, 0.5) is 4.79 Å². The highest BCUT2D eigenvalue weighted by Crippen LogP contribution is 2.21. The second-order valence-corrected chi connectivity index (χ2v) is 6.46. The van der Waals surface area contributed by atoms with Crippen molar-refractivity contribution in [2.75, 3.05) is 13.2 Å². The monoisotopic (exact) mass is 325 g/mol. The molecule has 1 atom stereocenters. The molecule has 1 fully saturated rings. The minimum atomic E-state index is -0.593. The van der Waals surface area contributed by atoms with Crippen LogP contribution in [0, 0.1) is 6.92 Å². The van der Waals surface area contributed by atoms with Crippen LogP contribution in [0.1, 0.15) is 45.4 Å². The van der Waals surface area contributed by atoms with E-state index in [4.69, 9.17) is 13.9 Å². The van der Waals surface area contributed by atoms with Gasteiger partial charge in [0.25, 0.3) is 0 Å². The highest BCUT2D eigenvalue weighted by atomic mass is 16.6. The van der Waals surface area contributed by atoms with Crippen LogP contribution in [0.5, 0.6) is 0 Å². The molecule has 0 aliphatic carbocycles. The van der Waals surface area contributed by atoms with Gasteiger partial charge in [-0.25, -0.2) is 9.59 Å². The molecular weight excluding hydrogens is 302 g/mol. The highest BCUT2D eigenvalue weighted by Gasteiger charge is 2.37. The zero-order chi connectivity index (χ0) is 17.0. The topological polar surface area (TPSA) is 94.8 Å². The molecule has 2 rings (SSSR count). The first-order valence-corrected chi connectivity index (χ1v) is 7.71. The van der Waals surface area contributed by atoms with E-state index in [2.05, 4.69) is 10.2 Å². The van der Waals surface area contributed by atoms with Crippen molar-refractivity contribution in [3.8, 4) is 0 Å². The first-order valence-electron chi connectivity index (χ1n) is 7.71. The third kappa shape index (κ3) is 4.94. The molecule has 2 heterocycles. The highest BCUT2D eigenvalue weighted by molar-refractivity contribution is 5.82. The van der Waals surface area contributed by atoms with Gasteiger partial charge in [0.15, 0.2) is 0 Å². The average Bonchev–Trinajstić information content (AvgIpc) is 3.05. The maximum absolute atomic E-state index is 12.2. The minimum Gasteiger partial charge on any atom is -0.464 e. The maximum atomic E-state index is 12.2. The largest absolute Gasteiger partial charge is 0.464 e. The van der Waals surface area contributed by atoms with E-state index < -0.39 is 23.7 Å². The van der Waals surface area contributed by atoms with Gasteiger partial charge in [0.1, 0.15) is 18.2 Å². The zero-order valence-corrected chi connectivity index (χ0v) is 14.0. The maximum Gasteiger partial charge on any atom is 0.411 e. The number of hydrogen-bond donors (Lipinski definition) is 0. The predicted octanol–water partition coefficient (Wildman–Crippen LogP) is 1.86. The molecule has 0 aromatic carbocycles. The molecule has 1 saturated heterocycles. The van der Waals surface area contributed by atoms with E-state index >= 15 is 0 Å². The molecule has 23 heavy (non-hydrogen) atoms. The number of likely N-dealkylation sites (tertiary alicyclic amines) is 1. The lowest BCUT2D eigenvalue weighted by Crippen LogP contribution is -2.44. The Hall–Kier alpha value is -2.12. The van der Waals surface area contributed by atoms with Crippen LogP contribution in [0.2, 0.25) is 0 Å². The van der Waals surface area contributed by atoms with Gasteiger partial charge in [-0.05, 0) is 33.6 Å². The second kappa shape index (κ2) is 6.97. The summed E-state index contributed by atoms with van der Waals surface area (Å²) in [5, 5.41) is 7.54. The quantitative estimate of drug-likeness (QED) is 0.780. The molecule has 0 saturated carbocycles. The molecule has 128 valence electrons. The summed E-state index contributed by atoms with van der Waals surface area (Å²) in [7, 11) is 0. The van der Waals surface area contributed by atoms with E-state index in [1.807, 2.05) is 0 Å². The van der Waals surface area contributed by atoms with Crippen LogP contribution in [-0.2, 0) is 20.7 Å². The number of nitrogens with zero attached hydrogens (tertiary/aromatic N) is 3. The Bertz CT molecular complexity index is 564. The van der Waals surface area contributed by atoms with Crippen molar-refractivity contribution >= 4 is 12.1 Å². The summed E-state index contributed by atoms with van der Waals surface area (Å²) in [6, 6.07) is -0.589. The molecule has 1 aliphatic heterocycles. The Kier molecular flexibility index (Phi) is 5.23. The first-order chi connectivity index (χ1) is 10.8. The van der Waals surface area contributed by atoms with E-state index in [0.717, 1.165) is 6.42 Å².